The van der Waals surface area contributed by atoms with Crippen LogP contribution >= 0.6 is 15.9 Å². The minimum atomic E-state index is -0.320. The maximum absolute atomic E-state index is 11.8. The van der Waals surface area contributed by atoms with Crippen LogP contribution in [-0.4, -0.2) is 17.2 Å². The topological polar surface area (TPSA) is 87.7 Å². The van der Waals surface area contributed by atoms with Crippen LogP contribution < -0.4 is 11.2 Å². The van der Waals surface area contributed by atoms with Gasteiger partial charge in [-0.25, -0.2) is 5.43 Å². The third-order valence-corrected chi connectivity index (χ3v) is 3.16. The van der Waals surface area contributed by atoms with E-state index in [0.717, 1.165) is 5.56 Å². The van der Waals surface area contributed by atoms with Crippen molar-refractivity contribution in [3.8, 4) is 5.75 Å². The van der Waals surface area contributed by atoms with E-state index in [2.05, 4.69) is 26.5 Å². The SMILES string of the molecule is Nc1ccc(C(=O)N/N=C\c2ccc(O)c(Br)c2)cc1. The number of halogens is 1. The van der Waals surface area contributed by atoms with E-state index in [1.165, 1.54) is 12.3 Å². The molecule has 4 N–H and O–H groups in total. The summed E-state index contributed by atoms with van der Waals surface area (Å²) in [5.74, 6) is -0.174. The lowest BCUT2D eigenvalue weighted by molar-refractivity contribution is 0.0955. The van der Waals surface area contributed by atoms with Gasteiger partial charge in [-0.3, -0.25) is 4.79 Å². The Morgan fingerprint density at radius 3 is 2.60 bits per heavy atom. The fourth-order valence-electron chi connectivity index (χ4n) is 1.47. The van der Waals surface area contributed by atoms with Gasteiger partial charge in [-0.2, -0.15) is 5.10 Å². The number of carbonyl (C=O) groups is 1. The van der Waals surface area contributed by atoms with Crippen LogP contribution in [0.5, 0.6) is 5.75 Å². The first-order valence-electron chi connectivity index (χ1n) is 5.74. The average molecular weight is 334 g/mol. The maximum atomic E-state index is 11.8. The number of hydrazone groups is 1. The quantitative estimate of drug-likeness (QED) is 0.458. The summed E-state index contributed by atoms with van der Waals surface area (Å²) < 4.78 is 0.561. The molecule has 0 fully saturated rings. The molecule has 1 amide bonds. The van der Waals surface area contributed by atoms with Crippen molar-refractivity contribution in [1.82, 2.24) is 5.43 Å². The van der Waals surface area contributed by atoms with Gasteiger partial charge in [0.1, 0.15) is 5.75 Å². The summed E-state index contributed by atoms with van der Waals surface area (Å²) in [7, 11) is 0. The smallest absolute Gasteiger partial charge is 0.271 e. The van der Waals surface area contributed by atoms with E-state index >= 15 is 0 Å². The van der Waals surface area contributed by atoms with E-state index in [9.17, 15) is 9.90 Å². The number of phenols is 1. The van der Waals surface area contributed by atoms with E-state index in [1.807, 2.05) is 0 Å². The van der Waals surface area contributed by atoms with Crippen LogP contribution in [0.2, 0.25) is 0 Å². The molecule has 0 bridgehead atoms. The molecule has 0 aliphatic heterocycles. The van der Waals surface area contributed by atoms with Gasteiger partial charge in [-0.1, -0.05) is 0 Å². The van der Waals surface area contributed by atoms with Crippen molar-refractivity contribution in [2.75, 3.05) is 5.73 Å². The molecule has 6 heteroatoms. The van der Waals surface area contributed by atoms with Gasteiger partial charge in [0.05, 0.1) is 10.7 Å². The van der Waals surface area contributed by atoms with Gasteiger partial charge < -0.3 is 10.8 Å². The van der Waals surface area contributed by atoms with Crippen molar-refractivity contribution in [2.24, 2.45) is 5.10 Å². The number of hydrogen-bond acceptors (Lipinski definition) is 4. The van der Waals surface area contributed by atoms with Crippen molar-refractivity contribution >= 4 is 33.7 Å². The standard InChI is InChI=1S/C14H12BrN3O2/c15-12-7-9(1-6-13(12)19)8-17-18-14(20)10-2-4-11(16)5-3-10/h1-8,19H,16H2,(H,18,20)/b17-8-. The second kappa shape index (κ2) is 6.21. The predicted octanol–water partition coefficient (Wildman–Crippen LogP) is 2.50. The van der Waals surface area contributed by atoms with Crippen LogP contribution in [0.1, 0.15) is 15.9 Å². The van der Waals surface area contributed by atoms with Crippen LogP contribution in [0.25, 0.3) is 0 Å². The highest BCUT2D eigenvalue weighted by molar-refractivity contribution is 9.10. The average Bonchev–Trinajstić information content (AvgIpc) is 2.43. The summed E-state index contributed by atoms with van der Waals surface area (Å²) in [5, 5.41) is 13.2. The minimum absolute atomic E-state index is 0.146. The molecule has 102 valence electrons. The normalized spacial score (nSPS) is 10.7. The molecule has 2 aromatic carbocycles. The van der Waals surface area contributed by atoms with Gasteiger partial charge in [0, 0.05) is 11.3 Å². The highest BCUT2D eigenvalue weighted by Gasteiger charge is 2.03. The van der Waals surface area contributed by atoms with Crippen molar-refractivity contribution in [2.45, 2.75) is 0 Å². The monoisotopic (exact) mass is 333 g/mol. The third kappa shape index (κ3) is 3.58. The summed E-state index contributed by atoms with van der Waals surface area (Å²) in [5.41, 5.74) is 9.77. The van der Waals surface area contributed by atoms with Gasteiger partial charge in [0.25, 0.3) is 5.91 Å². The van der Waals surface area contributed by atoms with Gasteiger partial charge in [0.2, 0.25) is 0 Å². The predicted molar refractivity (Wildman–Crippen MR) is 81.7 cm³/mol. The second-order valence-corrected chi connectivity index (χ2v) is 4.89. The van der Waals surface area contributed by atoms with Gasteiger partial charge >= 0.3 is 0 Å². The number of hydrogen-bond donors (Lipinski definition) is 3. The van der Waals surface area contributed by atoms with Crippen LogP contribution in [0.15, 0.2) is 52.0 Å². The summed E-state index contributed by atoms with van der Waals surface area (Å²) >= 11 is 3.20. The Balaban J connectivity index is 2.00. The molecule has 2 rings (SSSR count). The van der Waals surface area contributed by atoms with E-state index in [-0.39, 0.29) is 11.7 Å². The molecule has 0 spiro atoms. The van der Waals surface area contributed by atoms with Crippen molar-refractivity contribution in [1.29, 1.82) is 0 Å². The van der Waals surface area contributed by atoms with Gasteiger partial charge in [-0.15, -0.1) is 0 Å². The summed E-state index contributed by atoms with van der Waals surface area (Å²) in [6, 6.07) is 11.4. The lowest BCUT2D eigenvalue weighted by Crippen LogP contribution is -2.17. The van der Waals surface area contributed by atoms with Crippen LogP contribution in [0.4, 0.5) is 5.69 Å². The van der Waals surface area contributed by atoms with Gasteiger partial charge in [0.15, 0.2) is 0 Å². The number of nitrogens with two attached hydrogens (primary N) is 1. The molecular weight excluding hydrogens is 322 g/mol. The molecule has 0 aliphatic carbocycles. The molecule has 0 saturated heterocycles. The molecule has 2 aromatic rings. The molecule has 0 saturated carbocycles. The van der Waals surface area contributed by atoms with E-state index in [0.29, 0.717) is 15.7 Å². The largest absolute Gasteiger partial charge is 0.507 e. The molecular formula is C14H12BrN3O2. The Labute approximate surface area is 124 Å². The van der Waals surface area contributed by atoms with Gasteiger partial charge in [-0.05, 0) is 64.0 Å². The van der Waals surface area contributed by atoms with Crippen molar-refractivity contribution in [3.05, 3.63) is 58.1 Å². The molecule has 20 heavy (non-hydrogen) atoms. The van der Waals surface area contributed by atoms with Crippen molar-refractivity contribution in [3.63, 3.8) is 0 Å². The molecule has 5 nitrogen and oxygen atoms in total. The Kier molecular flexibility index (Phi) is 4.37. The number of benzene rings is 2. The molecule has 0 heterocycles. The second-order valence-electron chi connectivity index (χ2n) is 4.03. The summed E-state index contributed by atoms with van der Waals surface area (Å²) in [4.78, 5) is 11.8. The number of nitrogens with one attached hydrogen (secondary N) is 1. The maximum Gasteiger partial charge on any atom is 0.271 e. The first-order valence-corrected chi connectivity index (χ1v) is 6.53. The number of aromatic hydroxyl groups is 1. The Morgan fingerprint density at radius 1 is 1.25 bits per heavy atom. The first kappa shape index (κ1) is 14.1. The van der Waals surface area contributed by atoms with Crippen LogP contribution in [0.3, 0.4) is 0 Å². The lowest BCUT2D eigenvalue weighted by Gasteiger charge is -2.01. The molecule has 0 unspecified atom stereocenters. The van der Waals surface area contributed by atoms with E-state index < -0.39 is 0 Å². The number of nitrogen functional groups attached to an aromatic ring is 1. The Bertz CT molecular complexity index is 654. The zero-order valence-electron chi connectivity index (χ0n) is 10.4. The van der Waals surface area contributed by atoms with Crippen LogP contribution in [-0.2, 0) is 0 Å². The fourth-order valence-corrected chi connectivity index (χ4v) is 1.86. The van der Waals surface area contributed by atoms with E-state index in [4.69, 9.17) is 5.73 Å². The summed E-state index contributed by atoms with van der Waals surface area (Å²) in [6.45, 7) is 0. The number of anilines is 1. The van der Waals surface area contributed by atoms with E-state index in [1.54, 1.807) is 36.4 Å². The third-order valence-electron chi connectivity index (χ3n) is 2.52. The zero-order chi connectivity index (χ0) is 14.5. The highest BCUT2D eigenvalue weighted by atomic mass is 79.9. The Morgan fingerprint density at radius 2 is 1.95 bits per heavy atom. The fraction of sp³-hybridized carbons (Fsp3) is 0. The first-order chi connectivity index (χ1) is 9.56. The molecule has 0 atom stereocenters. The van der Waals surface area contributed by atoms with Crippen molar-refractivity contribution < 1.29 is 9.90 Å². The number of amides is 1. The molecule has 0 radical (unpaired) electrons. The number of carbonyl (C=O) groups excluding carboxylic acids is 1. The highest BCUT2D eigenvalue weighted by Crippen LogP contribution is 2.23. The number of phenolic OH excluding ortho intramolecular Hbond substituents is 1. The zero-order valence-corrected chi connectivity index (χ0v) is 12.0. The number of nitrogens with zero attached hydrogens (tertiary/aromatic N) is 1. The number of rotatable bonds is 3. The minimum Gasteiger partial charge on any atom is -0.507 e. The van der Waals surface area contributed by atoms with Crippen LogP contribution in [0, 0.1) is 0 Å². The summed E-state index contributed by atoms with van der Waals surface area (Å²) in [6.07, 6.45) is 1.49. The molecule has 0 aromatic heterocycles. The Hall–Kier alpha value is -2.34. The lowest BCUT2D eigenvalue weighted by atomic mass is 10.2. The molecule has 0 aliphatic rings.